The fourth-order valence-electron chi connectivity index (χ4n) is 4.81. The van der Waals surface area contributed by atoms with E-state index in [-0.39, 0.29) is 0 Å². The third kappa shape index (κ3) is 4.02. The maximum absolute atomic E-state index is 6.38. The molecule has 6 rings (SSSR count). The first-order valence-electron chi connectivity index (χ1n) is 11.5. The van der Waals surface area contributed by atoms with Crippen molar-refractivity contribution in [2.75, 3.05) is 31.2 Å². The Hall–Kier alpha value is -4.08. The summed E-state index contributed by atoms with van der Waals surface area (Å²) in [5, 5.41) is 4.23. The van der Waals surface area contributed by atoms with E-state index in [9.17, 15) is 0 Å². The summed E-state index contributed by atoms with van der Waals surface area (Å²) in [6.07, 6.45) is 1.56. The van der Waals surface area contributed by atoms with Gasteiger partial charge in [-0.1, -0.05) is 30.0 Å². The molecule has 1 saturated carbocycles. The van der Waals surface area contributed by atoms with Crippen molar-refractivity contribution in [1.29, 1.82) is 0 Å². The number of para-hydroxylation sites is 1. The third-order valence-electron chi connectivity index (χ3n) is 6.65. The van der Waals surface area contributed by atoms with Crippen LogP contribution in [0.25, 0.3) is 10.9 Å². The second kappa shape index (κ2) is 8.36. The van der Waals surface area contributed by atoms with Crippen molar-refractivity contribution in [1.82, 2.24) is 14.9 Å². The van der Waals surface area contributed by atoms with Gasteiger partial charge in [0.15, 0.2) is 0 Å². The summed E-state index contributed by atoms with van der Waals surface area (Å²) in [4.78, 5) is 11.3. The largest absolute Gasteiger partial charge is 0.457 e. The highest BCUT2D eigenvalue weighted by atomic mass is 16.5. The van der Waals surface area contributed by atoms with Gasteiger partial charge in [-0.05, 0) is 67.4 Å². The lowest BCUT2D eigenvalue weighted by molar-refractivity contribution is 0.360. The lowest BCUT2D eigenvalue weighted by atomic mass is 10.1. The molecule has 3 aromatic carbocycles. The highest BCUT2D eigenvalue weighted by molar-refractivity contribution is 5.94. The number of nitrogens with zero attached hydrogens (tertiary/aromatic N) is 3. The molecular weight excluding hydrogens is 422 g/mol. The number of piperidine rings is 1. The van der Waals surface area contributed by atoms with Crippen LogP contribution in [0.5, 0.6) is 11.5 Å². The van der Waals surface area contributed by atoms with Crippen LogP contribution in [0.4, 0.5) is 17.2 Å². The number of hydrogen-bond donors (Lipinski definition) is 2. The lowest BCUT2D eigenvalue weighted by Gasteiger charge is -2.11. The molecule has 6 heteroatoms. The number of nitrogen functional groups attached to an aromatic ring is 1. The molecule has 3 atom stereocenters. The van der Waals surface area contributed by atoms with Gasteiger partial charge in [0.1, 0.15) is 23.6 Å². The normalized spacial score (nSPS) is 20.9. The fourth-order valence-corrected chi connectivity index (χ4v) is 4.81. The number of rotatable bonds is 4. The first kappa shape index (κ1) is 20.5. The Morgan fingerprint density at radius 3 is 2.47 bits per heavy atom. The van der Waals surface area contributed by atoms with Gasteiger partial charge in [0, 0.05) is 41.3 Å². The van der Waals surface area contributed by atoms with Crippen molar-refractivity contribution in [3.8, 4) is 23.3 Å². The van der Waals surface area contributed by atoms with Crippen LogP contribution in [-0.4, -0.2) is 35.0 Å². The van der Waals surface area contributed by atoms with Crippen molar-refractivity contribution in [2.24, 2.45) is 17.8 Å². The van der Waals surface area contributed by atoms with Gasteiger partial charge in [-0.25, -0.2) is 9.97 Å². The summed E-state index contributed by atoms with van der Waals surface area (Å²) in [6.45, 7) is 2.30. The number of nitrogens with one attached hydrogen (secondary N) is 1. The second-order valence-electron chi connectivity index (χ2n) is 9.09. The van der Waals surface area contributed by atoms with E-state index in [4.69, 9.17) is 10.5 Å². The summed E-state index contributed by atoms with van der Waals surface area (Å²) < 4.78 is 5.87. The van der Waals surface area contributed by atoms with Crippen LogP contribution >= 0.6 is 0 Å². The zero-order chi connectivity index (χ0) is 23.1. The number of hydrogen-bond acceptors (Lipinski definition) is 6. The van der Waals surface area contributed by atoms with E-state index >= 15 is 0 Å². The minimum Gasteiger partial charge on any atom is -0.457 e. The minimum atomic E-state index is 0.503. The Morgan fingerprint density at radius 1 is 0.971 bits per heavy atom. The first-order valence-corrected chi connectivity index (χ1v) is 11.5. The van der Waals surface area contributed by atoms with Crippen molar-refractivity contribution >= 4 is 28.1 Å². The summed E-state index contributed by atoms with van der Waals surface area (Å²) in [5.74, 6) is 11.0. The maximum Gasteiger partial charge on any atom is 0.141 e. The maximum atomic E-state index is 6.38. The van der Waals surface area contributed by atoms with E-state index in [2.05, 4.69) is 39.1 Å². The van der Waals surface area contributed by atoms with Gasteiger partial charge in [-0.15, -0.1) is 0 Å². The van der Waals surface area contributed by atoms with E-state index in [0.717, 1.165) is 58.6 Å². The summed E-state index contributed by atoms with van der Waals surface area (Å²) in [5.41, 5.74) is 9.56. The van der Waals surface area contributed by atoms with Crippen LogP contribution in [0.3, 0.4) is 0 Å². The molecule has 2 aliphatic rings. The van der Waals surface area contributed by atoms with Gasteiger partial charge in [-0.3, -0.25) is 0 Å². The molecule has 4 aromatic rings. The molecule has 0 amide bonds. The molecule has 6 nitrogen and oxygen atoms in total. The number of fused-ring (bicyclic) bond motifs is 2. The highest BCUT2D eigenvalue weighted by Gasteiger charge is 2.53. The van der Waals surface area contributed by atoms with Crippen LogP contribution in [0.15, 0.2) is 73.1 Å². The molecule has 1 aliphatic carbocycles. The molecular formula is C28H25N5O. The molecule has 0 radical (unpaired) electrons. The van der Waals surface area contributed by atoms with Gasteiger partial charge in [0.25, 0.3) is 0 Å². The number of ether oxygens (including phenoxy) is 1. The number of nitrogens with two attached hydrogens (primary N) is 1. The van der Waals surface area contributed by atoms with Crippen LogP contribution in [0, 0.1) is 29.6 Å². The molecule has 3 N–H and O–H groups in total. The van der Waals surface area contributed by atoms with Gasteiger partial charge in [0.2, 0.25) is 0 Å². The average Bonchev–Trinajstić information content (AvgIpc) is 3.31. The van der Waals surface area contributed by atoms with Crippen molar-refractivity contribution in [3.05, 3.63) is 78.6 Å². The molecule has 1 aliphatic heterocycles. The van der Waals surface area contributed by atoms with Crippen LogP contribution < -0.4 is 15.8 Å². The topological polar surface area (TPSA) is 76.3 Å². The molecule has 0 unspecified atom stereocenters. The van der Waals surface area contributed by atoms with Crippen molar-refractivity contribution in [3.63, 3.8) is 0 Å². The Kier molecular flexibility index (Phi) is 5.05. The Balaban J connectivity index is 1.20. The van der Waals surface area contributed by atoms with Gasteiger partial charge >= 0.3 is 0 Å². The minimum absolute atomic E-state index is 0.503. The molecule has 1 aromatic heterocycles. The standard InChI is InChI=1S/C28H25N5O/c1-33-15-24-22(25(24)16-33)12-7-18-13-27-23(14-26(18)29)28(31-17-30-27)32-19-8-10-21(11-9-19)34-20-5-3-2-4-6-20/h2-6,8-11,13-14,17,22,24-25H,15-16,29H2,1H3,(H,30,31,32)/t22-,24+,25-. The summed E-state index contributed by atoms with van der Waals surface area (Å²) in [6, 6.07) is 21.4. The number of aromatic nitrogens is 2. The zero-order valence-corrected chi connectivity index (χ0v) is 18.9. The summed E-state index contributed by atoms with van der Waals surface area (Å²) in [7, 11) is 2.18. The molecule has 2 fully saturated rings. The molecule has 2 heterocycles. The zero-order valence-electron chi connectivity index (χ0n) is 18.9. The van der Waals surface area contributed by atoms with E-state index in [1.807, 2.05) is 66.7 Å². The Labute approximate surface area is 198 Å². The predicted molar refractivity (Wildman–Crippen MR) is 135 cm³/mol. The predicted octanol–water partition coefficient (Wildman–Crippen LogP) is 4.91. The average molecular weight is 448 g/mol. The van der Waals surface area contributed by atoms with Crippen LogP contribution in [-0.2, 0) is 0 Å². The lowest BCUT2D eigenvalue weighted by Crippen LogP contribution is -2.18. The van der Waals surface area contributed by atoms with E-state index in [0.29, 0.717) is 17.4 Å². The number of anilines is 3. The second-order valence-corrected chi connectivity index (χ2v) is 9.09. The number of likely N-dealkylation sites (tertiary alicyclic amines) is 1. The van der Waals surface area contributed by atoms with Crippen molar-refractivity contribution in [2.45, 2.75) is 0 Å². The Bertz CT molecular complexity index is 1400. The van der Waals surface area contributed by atoms with E-state index in [1.165, 1.54) is 0 Å². The molecule has 168 valence electrons. The monoisotopic (exact) mass is 447 g/mol. The SMILES string of the molecule is CN1C[C@@H]2[C@H](C#Cc3cc4ncnc(Nc5ccc(Oc6ccccc6)cc5)c4cc3N)[C@@H]2C1. The van der Waals surface area contributed by atoms with Gasteiger partial charge in [0.05, 0.1) is 5.52 Å². The molecule has 0 bridgehead atoms. The van der Waals surface area contributed by atoms with Crippen LogP contribution in [0.2, 0.25) is 0 Å². The fraction of sp³-hybridized carbons (Fsp3) is 0.214. The smallest absolute Gasteiger partial charge is 0.141 e. The summed E-state index contributed by atoms with van der Waals surface area (Å²) >= 11 is 0. The third-order valence-corrected chi connectivity index (χ3v) is 6.65. The van der Waals surface area contributed by atoms with Crippen molar-refractivity contribution < 1.29 is 4.74 Å². The Morgan fingerprint density at radius 2 is 1.71 bits per heavy atom. The van der Waals surface area contributed by atoms with E-state index in [1.54, 1.807) is 6.33 Å². The molecule has 1 saturated heterocycles. The van der Waals surface area contributed by atoms with Gasteiger partial charge < -0.3 is 20.7 Å². The van der Waals surface area contributed by atoms with Gasteiger partial charge in [-0.2, -0.15) is 0 Å². The molecule has 0 spiro atoms. The van der Waals surface area contributed by atoms with E-state index < -0.39 is 0 Å². The quantitative estimate of drug-likeness (QED) is 0.342. The molecule has 34 heavy (non-hydrogen) atoms. The highest BCUT2D eigenvalue weighted by Crippen LogP contribution is 2.50. The first-order chi connectivity index (χ1) is 16.6. The van der Waals surface area contributed by atoms with Crippen LogP contribution in [0.1, 0.15) is 5.56 Å². The number of benzene rings is 3.